The summed E-state index contributed by atoms with van der Waals surface area (Å²) in [5.74, 6) is 1.14. The third-order valence-corrected chi connectivity index (χ3v) is 5.11. The molecule has 0 saturated carbocycles. The molecule has 2 saturated heterocycles. The van der Waals surface area contributed by atoms with Crippen LogP contribution in [-0.4, -0.2) is 91.4 Å². The molecule has 1 aromatic heterocycles. The van der Waals surface area contributed by atoms with Crippen molar-refractivity contribution >= 4 is 11.7 Å². The second-order valence-electron chi connectivity index (χ2n) is 7.11. The average molecular weight is 397 g/mol. The van der Waals surface area contributed by atoms with E-state index in [0.29, 0.717) is 43.6 Å². The molecule has 0 atom stereocenters. The van der Waals surface area contributed by atoms with Crippen LogP contribution in [0.5, 0.6) is 0 Å². The van der Waals surface area contributed by atoms with Gasteiger partial charge in [-0.05, 0) is 0 Å². The molecule has 154 valence electrons. The van der Waals surface area contributed by atoms with Crippen LogP contribution >= 0.6 is 0 Å². The number of amides is 1. The van der Waals surface area contributed by atoms with E-state index in [-0.39, 0.29) is 5.91 Å². The maximum atomic E-state index is 13.0. The SMILES string of the molecule is O=C(c1cc(NCCN2CCOCC2)nc(-c2ccccc2)n1)N1CCOCC1. The van der Waals surface area contributed by atoms with Gasteiger partial charge in [0.05, 0.1) is 26.4 Å². The number of ether oxygens (including phenoxy) is 2. The van der Waals surface area contributed by atoms with Crippen LogP contribution in [0.1, 0.15) is 10.5 Å². The lowest BCUT2D eigenvalue weighted by atomic mass is 10.2. The van der Waals surface area contributed by atoms with Gasteiger partial charge in [0.25, 0.3) is 5.91 Å². The number of hydrogen-bond acceptors (Lipinski definition) is 7. The zero-order valence-corrected chi connectivity index (χ0v) is 16.5. The zero-order chi connectivity index (χ0) is 19.9. The van der Waals surface area contributed by atoms with Gasteiger partial charge in [0.15, 0.2) is 5.82 Å². The Morgan fingerprint density at radius 2 is 1.66 bits per heavy atom. The van der Waals surface area contributed by atoms with Crippen molar-refractivity contribution in [2.75, 3.05) is 71.0 Å². The molecule has 4 rings (SSSR count). The number of nitrogens with zero attached hydrogens (tertiary/aromatic N) is 4. The number of nitrogens with one attached hydrogen (secondary N) is 1. The topological polar surface area (TPSA) is 79.8 Å². The first-order valence-electron chi connectivity index (χ1n) is 10.1. The van der Waals surface area contributed by atoms with Crippen LogP contribution in [0, 0.1) is 0 Å². The highest BCUT2D eigenvalue weighted by Gasteiger charge is 2.21. The van der Waals surface area contributed by atoms with Crippen molar-refractivity contribution in [3.8, 4) is 11.4 Å². The smallest absolute Gasteiger partial charge is 0.272 e. The van der Waals surface area contributed by atoms with E-state index in [1.807, 2.05) is 30.3 Å². The number of benzene rings is 1. The highest BCUT2D eigenvalue weighted by Crippen LogP contribution is 2.19. The first kappa shape index (κ1) is 19.8. The zero-order valence-electron chi connectivity index (χ0n) is 16.5. The fourth-order valence-corrected chi connectivity index (χ4v) is 3.46. The van der Waals surface area contributed by atoms with Crippen LogP contribution in [0.2, 0.25) is 0 Å². The Hall–Kier alpha value is -2.55. The second kappa shape index (κ2) is 9.78. The molecule has 1 aromatic carbocycles. The van der Waals surface area contributed by atoms with Crippen molar-refractivity contribution in [1.29, 1.82) is 0 Å². The number of carbonyl (C=O) groups excluding carboxylic acids is 1. The van der Waals surface area contributed by atoms with Gasteiger partial charge in [0, 0.05) is 50.9 Å². The van der Waals surface area contributed by atoms with Crippen LogP contribution in [0.15, 0.2) is 36.4 Å². The molecule has 0 aliphatic carbocycles. The van der Waals surface area contributed by atoms with E-state index in [2.05, 4.69) is 20.2 Å². The van der Waals surface area contributed by atoms with Gasteiger partial charge in [-0.15, -0.1) is 0 Å². The third kappa shape index (κ3) is 5.29. The van der Waals surface area contributed by atoms with Crippen LogP contribution in [0.3, 0.4) is 0 Å². The van der Waals surface area contributed by atoms with Gasteiger partial charge in [-0.1, -0.05) is 30.3 Å². The van der Waals surface area contributed by atoms with Crippen LogP contribution in [-0.2, 0) is 9.47 Å². The molecule has 2 aliphatic heterocycles. The van der Waals surface area contributed by atoms with Gasteiger partial charge in [-0.25, -0.2) is 9.97 Å². The number of hydrogen-bond donors (Lipinski definition) is 1. The van der Waals surface area contributed by atoms with Gasteiger partial charge in [-0.3, -0.25) is 9.69 Å². The predicted molar refractivity (Wildman–Crippen MR) is 110 cm³/mol. The number of anilines is 1. The summed E-state index contributed by atoms with van der Waals surface area (Å²) in [6.45, 7) is 7.40. The van der Waals surface area contributed by atoms with E-state index in [1.165, 1.54) is 0 Å². The Kier molecular flexibility index (Phi) is 6.66. The Bertz CT molecular complexity index is 805. The summed E-state index contributed by atoms with van der Waals surface area (Å²) in [4.78, 5) is 26.4. The predicted octanol–water partition coefficient (Wildman–Crippen LogP) is 1.36. The maximum Gasteiger partial charge on any atom is 0.272 e. The lowest BCUT2D eigenvalue weighted by molar-refractivity contribution is 0.0299. The fraction of sp³-hybridized carbons (Fsp3) is 0.476. The first-order valence-corrected chi connectivity index (χ1v) is 10.1. The molecular formula is C21H27N5O3. The summed E-state index contributed by atoms with van der Waals surface area (Å²) in [6.07, 6.45) is 0. The quantitative estimate of drug-likeness (QED) is 0.788. The normalized spacial score (nSPS) is 17.9. The average Bonchev–Trinajstić information content (AvgIpc) is 2.80. The molecular weight excluding hydrogens is 370 g/mol. The number of aromatic nitrogens is 2. The standard InChI is InChI=1S/C21H27N5O3/c27-21(26-10-14-29-15-11-26)18-16-19(22-6-7-25-8-12-28-13-9-25)24-20(23-18)17-4-2-1-3-5-17/h1-5,16H,6-15H2,(H,22,23,24). The molecule has 2 aliphatic rings. The van der Waals surface area contributed by atoms with Gasteiger partial charge < -0.3 is 19.7 Å². The third-order valence-electron chi connectivity index (χ3n) is 5.11. The number of carbonyl (C=O) groups is 1. The van der Waals surface area contributed by atoms with E-state index in [9.17, 15) is 4.79 Å². The number of rotatable bonds is 6. The van der Waals surface area contributed by atoms with E-state index in [1.54, 1.807) is 11.0 Å². The molecule has 1 N–H and O–H groups in total. The van der Waals surface area contributed by atoms with Crippen molar-refractivity contribution in [2.45, 2.75) is 0 Å². The van der Waals surface area contributed by atoms with E-state index >= 15 is 0 Å². The van der Waals surface area contributed by atoms with E-state index in [4.69, 9.17) is 9.47 Å². The van der Waals surface area contributed by atoms with Crippen LogP contribution in [0.25, 0.3) is 11.4 Å². The van der Waals surface area contributed by atoms with E-state index in [0.717, 1.165) is 45.0 Å². The van der Waals surface area contributed by atoms with Crippen LogP contribution < -0.4 is 5.32 Å². The summed E-state index contributed by atoms with van der Waals surface area (Å²) < 4.78 is 10.8. The second-order valence-corrected chi connectivity index (χ2v) is 7.11. The molecule has 2 fully saturated rings. The minimum atomic E-state index is -0.0795. The minimum absolute atomic E-state index is 0.0795. The van der Waals surface area contributed by atoms with Gasteiger partial charge in [0.2, 0.25) is 0 Å². The van der Waals surface area contributed by atoms with Crippen molar-refractivity contribution in [3.05, 3.63) is 42.1 Å². The summed E-state index contributed by atoms with van der Waals surface area (Å²) >= 11 is 0. The Morgan fingerprint density at radius 3 is 2.38 bits per heavy atom. The Balaban J connectivity index is 1.52. The maximum absolute atomic E-state index is 13.0. The van der Waals surface area contributed by atoms with Crippen molar-refractivity contribution in [3.63, 3.8) is 0 Å². The van der Waals surface area contributed by atoms with Crippen LogP contribution in [0.4, 0.5) is 5.82 Å². The molecule has 0 bridgehead atoms. The van der Waals surface area contributed by atoms with Crippen molar-refractivity contribution in [1.82, 2.24) is 19.8 Å². The molecule has 2 aromatic rings. The van der Waals surface area contributed by atoms with Gasteiger partial charge in [-0.2, -0.15) is 0 Å². The summed E-state index contributed by atoms with van der Waals surface area (Å²) in [6, 6.07) is 11.5. The minimum Gasteiger partial charge on any atom is -0.379 e. The first-order chi connectivity index (χ1) is 14.3. The summed E-state index contributed by atoms with van der Waals surface area (Å²) in [5, 5.41) is 3.37. The molecule has 0 radical (unpaired) electrons. The molecule has 8 nitrogen and oxygen atoms in total. The monoisotopic (exact) mass is 397 g/mol. The molecule has 3 heterocycles. The van der Waals surface area contributed by atoms with Crippen molar-refractivity contribution in [2.24, 2.45) is 0 Å². The molecule has 8 heteroatoms. The number of morpholine rings is 2. The highest BCUT2D eigenvalue weighted by atomic mass is 16.5. The Morgan fingerprint density at radius 1 is 0.966 bits per heavy atom. The van der Waals surface area contributed by atoms with Crippen molar-refractivity contribution < 1.29 is 14.3 Å². The highest BCUT2D eigenvalue weighted by molar-refractivity contribution is 5.93. The summed E-state index contributed by atoms with van der Waals surface area (Å²) in [5.41, 5.74) is 1.30. The van der Waals surface area contributed by atoms with Gasteiger partial charge in [0.1, 0.15) is 11.5 Å². The molecule has 0 spiro atoms. The fourth-order valence-electron chi connectivity index (χ4n) is 3.46. The summed E-state index contributed by atoms with van der Waals surface area (Å²) in [7, 11) is 0. The van der Waals surface area contributed by atoms with Gasteiger partial charge >= 0.3 is 0 Å². The lowest BCUT2D eigenvalue weighted by Crippen LogP contribution is -2.41. The molecule has 0 unspecified atom stereocenters. The Labute approximate surface area is 170 Å². The molecule has 29 heavy (non-hydrogen) atoms. The van der Waals surface area contributed by atoms with E-state index < -0.39 is 0 Å². The lowest BCUT2D eigenvalue weighted by Gasteiger charge is -2.27. The molecule has 1 amide bonds. The largest absolute Gasteiger partial charge is 0.379 e.